The van der Waals surface area contributed by atoms with Crippen molar-refractivity contribution < 1.29 is 14.3 Å². The molecule has 0 radical (unpaired) electrons. The Hall–Kier alpha value is -2.06. The molecule has 0 saturated heterocycles. The number of carbonyl (C=O) groups is 1. The highest BCUT2D eigenvalue weighted by Gasteiger charge is 2.21. The lowest BCUT2D eigenvalue weighted by Crippen LogP contribution is -2.24. The van der Waals surface area contributed by atoms with Crippen LogP contribution in [0.5, 0.6) is 0 Å². The SMILES string of the molecule is [C-]#[N+]C(C(=O)OCC(C)OC)=C1C=C(C)N(CCCC)C(C)=C1. The van der Waals surface area contributed by atoms with Gasteiger partial charge in [0.25, 0.3) is 5.70 Å². The summed E-state index contributed by atoms with van der Waals surface area (Å²) < 4.78 is 10.2. The molecule has 5 nitrogen and oxygen atoms in total. The summed E-state index contributed by atoms with van der Waals surface area (Å²) in [5.41, 5.74) is 2.69. The van der Waals surface area contributed by atoms with Gasteiger partial charge in [0.1, 0.15) is 6.61 Å². The Morgan fingerprint density at radius 3 is 2.43 bits per heavy atom. The average molecular weight is 318 g/mol. The summed E-state index contributed by atoms with van der Waals surface area (Å²) in [4.78, 5) is 17.7. The molecule has 5 heteroatoms. The van der Waals surface area contributed by atoms with Crippen LogP contribution in [0.4, 0.5) is 0 Å². The van der Waals surface area contributed by atoms with Crippen LogP contribution in [0.15, 0.2) is 34.8 Å². The smallest absolute Gasteiger partial charge is 0.337 e. The quantitative estimate of drug-likeness (QED) is 0.408. The van der Waals surface area contributed by atoms with Crippen molar-refractivity contribution in [2.45, 2.75) is 46.6 Å². The van der Waals surface area contributed by atoms with E-state index in [2.05, 4.69) is 16.7 Å². The molecule has 0 N–H and O–H groups in total. The van der Waals surface area contributed by atoms with E-state index in [-0.39, 0.29) is 18.4 Å². The normalized spacial score (nSPS) is 15.5. The summed E-state index contributed by atoms with van der Waals surface area (Å²) >= 11 is 0. The first-order valence-corrected chi connectivity index (χ1v) is 7.90. The van der Waals surface area contributed by atoms with Crippen molar-refractivity contribution in [3.8, 4) is 0 Å². The second-order valence-corrected chi connectivity index (χ2v) is 5.64. The summed E-state index contributed by atoms with van der Waals surface area (Å²) in [6, 6.07) is 0. The molecule has 0 aliphatic carbocycles. The van der Waals surface area contributed by atoms with Crippen LogP contribution in [0.1, 0.15) is 40.5 Å². The molecule has 0 aromatic heterocycles. The third kappa shape index (κ3) is 5.26. The number of ether oxygens (including phenoxy) is 2. The van der Waals surface area contributed by atoms with Gasteiger partial charge in [-0.25, -0.2) is 4.85 Å². The van der Waals surface area contributed by atoms with Gasteiger partial charge in [-0.15, -0.1) is 0 Å². The van der Waals surface area contributed by atoms with Gasteiger partial charge >= 0.3 is 5.97 Å². The standard InChI is InChI=1S/C18H26N2O3/c1-7-8-9-20-13(2)10-16(11-14(20)3)17(19-5)18(21)23-12-15(4)22-6/h10-11,15H,7-9,12H2,1-4,6H3. The Kier molecular flexibility index (Phi) is 7.56. The lowest BCUT2D eigenvalue weighted by Gasteiger charge is -2.30. The van der Waals surface area contributed by atoms with Crippen LogP contribution in [0.2, 0.25) is 0 Å². The molecule has 0 fully saturated rings. The molecule has 23 heavy (non-hydrogen) atoms. The molecule has 0 saturated carbocycles. The molecule has 1 aliphatic heterocycles. The van der Waals surface area contributed by atoms with Crippen molar-refractivity contribution in [3.63, 3.8) is 0 Å². The molecular formula is C18H26N2O3. The van der Waals surface area contributed by atoms with Gasteiger partial charge in [-0.1, -0.05) is 13.3 Å². The molecule has 0 bridgehead atoms. The monoisotopic (exact) mass is 318 g/mol. The van der Waals surface area contributed by atoms with Gasteiger partial charge < -0.3 is 14.4 Å². The first-order valence-electron chi connectivity index (χ1n) is 7.90. The van der Waals surface area contributed by atoms with Crippen molar-refractivity contribution in [1.82, 2.24) is 4.90 Å². The van der Waals surface area contributed by atoms with Crippen molar-refractivity contribution in [2.24, 2.45) is 0 Å². The van der Waals surface area contributed by atoms with Gasteiger partial charge in [0, 0.05) is 25.0 Å². The van der Waals surface area contributed by atoms with Gasteiger partial charge in [0.05, 0.1) is 12.7 Å². The Labute approximate surface area is 139 Å². The van der Waals surface area contributed by atoms with E-state index in [9.17, 15) is 4.79 Å². The maximum Gasteiger partial charge on any atom is 0.337 e. The van der Waals surface area contributed by atoms with Gasteiger partial charge in [-0.2, -0.15) is 0 Å². The number of rotatable bonds is 7. The molecule has 0 amide bonds. The van der Waals surface area contributed by atoms with Crippen molar-refractivity contribution in [2.75, 3.05) is 20.3 Å². The Balaban J connectivity index is 2.97. The second-order valence-electron chi connectivity index (χ2n) is 5.64. The highest BCUT2D eigenvalue weighted by molar-refractivity contribution is 5.92. The minimum atomic E-state index is -0.603. The number of esters is 1. The van der Waals surface area contributed by atoms with Crippen LogP contribution in [0.3, 0.4) is 0 Å². The molecule has 1 unspecified atom stereocenters. The van der Waals surface area contributed by atoms with Gasteiger partial charge in [0.15, 0.2) is 0 Å². The fraction of sp³-hybridized carbons (Fsp3) is 0.556. The summed E-state index contributed by atoms with van der Waals surface area (Å²) in [5.74, 6) is -0.603. The summed E-state index contributed by atoms with van der Waals surface area (Å²) in [6.45, 7) is 16.3. The van der Waals surface area contributed by atoms with E-state index in [4.69, 9.17) is 16.0 Å². The Morgan fingerprint density at radius 1 is 1.35 bits per heavy atom. The molecule has 0 aromatic carbocycles. The van der Waals surface area contributed by atoms with Crippen molar-refractivity contribution in [3.05, 3.63) is 46.2 Å². The zero-order valence-corrected chi connectivity index (χ0v) is 14.7. The molecule has 1 heterocycles. The van der Waals surface area contributed by atoms with E-state index >= 15 is 0 Å². The van der Waals surface area contributed by atoms with Crippen LogP contribution in [-0.2, 0) is 14.3 Å². The third-order valence-corrected chi connectivity index (χ3v) is 3.75. The van der Waals surface area contributed by atoms with Crippen LogP contribution in [0.25, 0.3) is 4.85 Å². The predicted molar refractivity (Wildman–Crippen MR) is 90.2 cm³/mol. The number of nitrogens with zero attached hydrogens (tertiary/aromatic N) is 2. The number of carbonyl (C=O) groups excluding carboxylic acids is 1. The highest BCUT2D eigenvalue weighted by atomic mass is 16.6. The Bertz CT molecular complexity index is 545. The largest absolute Gasteiger partial charge is 0.468 e. The predicted octanol–water partition coefficient (Wildman–Crippen LogP) is 3.66. The molecule has 1 aliphatic rings. The first-order chi connectivity index (χ1) is 10.9. The topological polar surface area (TPSA) is 43.1 Å². The highest BCUT2D eigenvalue weighted by Crippen LogP contribution is 2.26. The molecule has 0 aromatic rings. The number of hydrogen-bond acceptors (Lipinski definition) is 4. The number of hydrogen-bond donors (Lipinski definition) is 0. The van der Waals surface area contributed by atoms with E-state index in [0.29, 0.717) is 5.57 Å². The summed E-state index contributed by atoms with van der Waals surface area (Å²) in [7, 11) is 1.55. The fourth-order valence-corrected chi connectivity index (χ4v) is 2.29. The van der Waals surface area contributed by atoms with Crippen LogP contribution < -0.4 is 0 Å². The maximum absolute atomic E-state index is 12.1. The molecular weight excluding hydrogens is 292 g/mol. The summed E-state index contributed by atoms with van der Waals surface area (Å²) in [5, 5.41) is 0. The first kappa shape index (κ1) is 19.0. The fourth-order valence-electron chi connectivity index (χ4n) is 2.29. The van der Waals surface area contributed by atoms with Gasteiger partial charge in [-0.3, -0.25) is 4.79 Å². The lowest BCUT2D eigenvalue weighted by molar-refractivity contribution is -0.141. The average Bonchev–Trinajstić information content (AvgIpc) is 2.52. The van der Waals surface area contributed by atoms with E-state index in [0.717, 1.165) is 30.8 Å². The molecule has 1 rings (SSSR count). The van der Waals surface area contributed by atoms with Crippen LogP contribution >= 0.6 is 0 Å². The molecule has 1 atom stereocenters. The van der Waals surface area contributed by atoms with Crippen molar-refractivity contribution in [1.29, 1.82) is 0 Å². The van der Waals surface area contributed by atoms with Gasteiger partial charge in [0.2, 0.25) is 0 Å². The number of unbranched alkanes of at least 4 members (excludes halogenated alkanes) is 1. The Morgan fingerprint density at radius 2 is 1.96 bits per heavy atom. The van der Waals surface area contributed by atoms with Gasteiger partial charge in [-0.05, 0) is 44.9 Å². The van der Waals surface area contributed by atoms with Crippen LogP contribution in [0, 0.1) is 6.57 Å². The van der Waals surface area contributed by atoms with Crippen LogP contribution in [-0.4, -0.2) is 37.2 Å². The van der Waals surface area contributed by atoms with Crippen molar-refractivity contribution >= 4 is 5.97 Å². The molecule has 126 valence electrons. The maximum atomic E-state index is 12.1. The minimum Gasteiger partial charge on any atom is -0.468 e. The molecule has 0 spiro atoms. The zero-order valence-electron chi connectivity index (χ0n) is 14.7. The van der Waals surface area contributed by atoms with E-state index in [1.807, 2.05) is 26.0 Å². The minimum absolute atomic E-state index is 0.0159. The third-order valence-electron chi connectivity index (χ3n) is 3.75. The number of allylic oxidation sites excluding steroid dienone is 5. The zero-order chi connectivity index (χ0) is 17.4. The lowest BCUT2D eigenvalue weighted by atomic mass is 10.1. The van der Waals surface area contributed by atoms with E-state index < -0.39 is 5.97 Å². The van der Waals surface area contributed by atoms with E-state index in [1.165, 1.54) is 0 Å². The second kappa shape index (κ2) is 9.16. The number of methoxy groups -OCH3 is 1. The summed E-state index contributed by atoms with van der Waals surface area (Å²) in [6.07, 6.45) is 5.77. The van der Waals surface area contributed by atoms with E-state index in [1.54, 1.807) is 14.0 Å².